The Labute approximate surface area is 180 Å². The molecule has 2 aliphatic carbocycles. The van der Waals surface area contributed by atoms with Crippen molar-refractivity contribution in [1.29, 1.82) is 0 Å². The molecule has 1 saturated heterocycles. The van der Waals surface area contributed by atoms with Crippen LogP contribution < -0.4 is 0 Å². The zero-order chi connectivity index (χ0) is 22.6. The van der Waals surface area contributed by atoms with E-state index in [1.165, 1.54) is 26.6 Å². The number of hydrogen-bond donors (Lipinski definition) is 0. The topological polar surface area (TPSA) is 109 Å². The molecule has 1 aliphatic heterocycles. The van der Waals surface area contributed by atoms with Crippen LogP contribution >= 0.6 is 0 Å². The van der Waals surface area contributed by atoms with Crippen LogP contribution in [-0.4, -0.2) is 36.9 Å². The first-order chi connectivity index (χ1) is 14.6. The number of ketones is 1. The Morgan fingerprint density at radius 2 is 1.94 bits per heavy atom. The maximum absolute atomic E-state index is 13.7. The number of carbonyl (C=O) groups excluding carboxylic acids is 4. The number of cyclic esters (lactones) is 1. The molecule has 1 aromatic heterocycles. The first-order valence-electron chi connectivity index (χ1n) is 10.6. The van der Waals surface area contributed by atoms with Gasteiger partial charge in [0.2, 0.25) is 0 Å². The zero-order valence-electron chi connectivity index (χ0n) is 18.2. The molecule has 0 aromatic carbocycles. The van der Waals surface area contributed by atoms with Crippen molar-refractivity contribution < 1.29 is 37.8 Å². The molecule has 2 saturated carbocycles. The Hall–Kier alpha value is -2.64. The fourth-order valence-corrected chi connectivity index (χ4v) is 6.46. The number of furan rings is 1. The highest BCUT2D eigenvalue weighted by molar-refractivity contribution is 5.93. The van der Waals surface area contributed by atoms with E-state index in [2.05, 4.69) is 0 Å². The van der Waals surface area contributed by atoms with E-state index < -0.39 is 52.7 Å². The molecule has 0 bridgehead atoms. The fourth-order valence-electron chi connectivity index (χ4n) is 6.46. The van der Waals surface area contributed by atoms with Gasteiger partial charge < -0.3 is 18.6 Å². The Balaban J connectivity index is 1.80. The summed E-state index contributed by atoms with van der Waals surface area (Å²) >= 11 is 0. The number of esters is 3. The summed E-state index contributed by atoms with van der Waals surface area (Å²) in [5, 5.41) is 0. The van der Waals surface area contributed by atoms with Crippen LogP contribution in [0.1, 0.15) is 58.1 Å². The minimum atomic E-state index is -1.04. The summed E-state index contributed by atoms with van der Waals surface area (Å²) in [5.41, 5.74) is -0.763. The van der Waals surface area contributed by atoms with Gasteiger partial charge in [-0.2, -0.15) is 0 Å². The largest absolute Gasteiger partial charge is 0.472 e. The van der Waals surface area contributed by atoms with E-state index in [1.54, 1.807) is 6.07 Å². The van der Waals surface area contributed by atoms with Crippen molar-refractivity contribution in [3.8, 4) is 0 Å². The SMILES string of the molecule is COC(=O)[C@H]1C[C@@H](OC(C)=O)C(=O)[C@@H]2[C@]1(C)CC[C@H]1C(=O)O[C@H](c3ccoc3)C[C@]21C. The van der Waals surface area contributed by atoms with Gasteiger partial charge in [0.05, 0.1) is 31.5 Å². The predicted molar refractivity (Wildman–Crippen MR) is 105 cm³/mol. The lowest BCUT2D eigenvalue weighted by molar-refractivity contribution is -0.210. The highest BCUT2D eigenvalue weighted by atomic mass is 16.6. The van der Waals surface area contributed by atoms with Gasteiger partial charge in [0.15, 0.2) is 11.9 Å². The molecular formula is C23H28O8. The van der Waals surface area contributed by atoms with E-state index in [0.717, 1.165) is 5.56 Å². The third kappa shape index (κ3) is 3.27. The average molecular weight is 432 g/mol. The van der Waals surface area contributed by atoms with E-state index in [-0.39, 0.29) is 18.2 Å². The van der Waals surface area contributed by atoms with Crippen molar-refractivity contribution in [3.05, 3.63) is 24.2 Å². The van der Waals surface area contributed by atoms with E-state index in [9.17, 15) is 19.2 Å². The lowest BCUT2D eigenvalue weighted by atomic mass is 9.43. The molecule has 3 fully saturated rings. The Morgan fingerprint density at radius 1 is 1.19 bits per heavy atom. The summed E-state index contributed by atoms with van der Waals surface area (Å²) in [6, 6.07) is 1.74. The second-order valence-electron chi connectivity index (χ2n) is 9.53. The molecule has 0 radical (unpaired) electrons. The van der Waals surface area contributed by atoms with Gasteiger partial charge in [0.1, 0.15) is 6.10 Å². The second-order valence-corrected chi connectivity index (χ2v) is 9.53. The molecule has 0 N–H and O–H groups in total. The van der Waals surface area contributed by atoms with Crippen molar-refractivity contribution in [2.75, 3.05) is 7.11 Å². The van der Waals surface area contributed by atoms with Gasteiger partial charge in [-0.1, -0.05) is 13.8 Å². The molecule has 3 aliphatic rings. The van der Waals surface area contributed by atoms with E-state index in [1.807, 2.05) is 13.8 Å². The van der Waals surface area contributed by atoms with Crippen LogP contribution in [-0.2, 0) is 33.4 Å². The maximum atomic E-state index is 13.7. The standard InChI is InChI=1S/C23H28O8/c1-12(24)30-16-9-15(20(26)28-4)22(2)7-5-14-21(27)31-17(13-6-8-29-11-13)10-23(14,3)19(22)18(16)25/h6,8,11,14-17,19H,5,7,9-10H2,1-4H3/t14-,15+,16+,17-,19+,22+,23-/m0/s1. The number of Topliss-reactive ketones (excluding diaryl/α,β-unsaturated/α-hetero) is 1. The number of hydrogen-bond acceptors (Lipinski definition) is 8. The van der Waals surface area contributed by atoms with Crippen molar-refractivity contribution in [2.45, 2.75) is 58.7 Å². The molecule has 168 valence electrons. The first kappa shape index (κ1) is 21.6. The van der Waals surface area contributed by atoms with Gasteiger partial charge in [0.25, 0.3) is 0 Å². The minimum absolute atomic E-state index is 0.0917. The van der Waals surface area contributed by atoms with Crippen molar-refractivity contribution in [1.82, 2.24) is 0 Å². The molecule has 0 spiro atoms. The van der Waals surface area contributed by atoms with Gasteiger partial charge in [-0.3, -0.25) is 19.2 Å². The number of methoxy groups -OCH3 is 1. The van der Waals surface area contributed by atoms with Gasteiger partial charge in [0, 0.05) is 24.8 Å². The summed E-state index contributed by atoms with van der Waals surface area (Å²) < 4.78 is 21.3. The number of fused-ring (bicyclic) bond motifs is 3. The summed E-state index contributed by atoms with van der Waals surface area (Å²) in [6.07, 6.45) is 2.98. The smallest absolute Gasteiger partial charge is 0.310 e. The van der Waals surface area contributed by atoms with E-state index in [4.69, 9.17) is 18.6 Å². The van der Waals surface area contributed by atoms with Crippen molar-refractivity contribution >= 4 is 23.7 Å². The number of carbonyl (C=O) groups is 4. The first-order valence-corrected chi connectivity index (χ1v) is 10.6. The van der Waals surface area contributed by atoms with Crippen LogP contribution in [0.25, 0.3) is 0 Å². The Kier molecular flexibility index (Phi) is 5.22. The molecule has 2 heterocycles. The molecule has 8 nitrogen and oxygen atoms in total. The summed E-state index contributed by atoms with van der Waals surface area (Å²) in [5.74, 6) is -3.35. The monoisotopic (exact) mass is 432 g/mol. The van der Waals surface area contributed by atoms with E-state index in [0.29, 0.717) is 19.3 Å². The second kappa shape index (κ2) is 7.50. The number of rotatable bonds is 3. The van der Waals surface area contributed by atoms with Gasteiger partial charge >= 0.3 is 17.9 Å². The van der Waals surface area contributed by atoms with Crippen LogP contribution in [0.3, 0.4) is 0 Å². The molecular weight excluding hydrogens is 404 g/mol. The Morgan fingerprint density at radius 3 is 2.55 bits per heavy atom. The van der Waals surface area contributed by atoms with Gasteiger partial charge in [-0.15, -0.1) is 0 Å². The van der Waals surface area contributed by atoms with Crippen LogP contribution in [0, 0.1) is 28.6 Å². The summed E-state index contributed by atoms with van der Waals surface area (Å²) in [6.45, 7) is 5.09. The molecule has 31 heavy (non-hydrogen) atoms. The van der Waals surface area contributed by atoms with Crippen molar-refractivity contribution in [3.63, 3.8) is 0 Å². The van der Waals surface area contributed by atoms with Crippen LogP contribution in [0.2, 0.25) is 0 Å². The average Bonchev–Trinajstić information content (AvgIpc) is 3.23. The third-order valence-electron chi connectivity index (χ3n) is 7.81. The molecule has 0 amide bonds. The molecule has 7 atom stereocenters. The lowest BCUT2D eigenvalue weighted by Crippen LogP contribution is -2.64. The third-order valence-corrected chi connectivity index (χ3v) is 7.81. The molecule has 1 aromatic rings. The van der Waals surface area contributed by atoms with Gasteiger partial charge in [-0.25, -0.2) is 0 Å². The van der Waals surface area contributed by atoms with Crippen molar-refractivity contribution in [2.24, 2.45) is 28.6 Å². The quantitative estimate of drug-likeness (QED) is 0.530. The van der Waals surface area contributed by atoms with Crippen LogP contribution in [0.15, 0.2) is 23.0 Å². The molecule has 4 rings (SSSR count). The molecule has 0 unspecified atom stereocenters. The summed E-state index contributed by atoms with van der Waals surface area (Å²) in [7, 11) is 1.32. The zero-order valence-corrected chi connectivity index (χ0v) is 18.2. The highest BCUT2D eigenvalue weighted by Gasteiger charge is 2.67. The lowest BCUT2D eigenvalue weighted by Gasteiger charge is -2.60. The normalized spacial score (nSPS) is 39.7. The number of ether oxygens (including phenoxy) is 3. The maximum Gasteiger partial charge on any atom is 0.310 e. The van der Waals surface area contributed by atoms with Crippen LogP contribution in [0.4, 0.5) is 0 Å². The summed E-state index contributed by atoms with van der Waals surface area (Å²) in [4.78, 5) is 51.2. The fraction of sp³-hybridized carbons (Fsp3) is 0.652. The van der Waals surface area contributed by atoms with Crippen LogP contribution in [0.5, 0.6) is 0 Å². The minimum Gasteiger partial charge on any atom is -0.472 e. The van der Waals surface area contributed by atoms with Gasteiger partial charge in [-0.05, 0) is 36.2 Å². The predicted octanol–water partition coefficient (Wildman–Crippen LogP) is 3.00. The Bertz CT molecular complexity index is 905. The molecule has 8 heteroatoms. The highest BCUT2D eigenvalue weighted by Crippen LogP contribution is 2.65. The van der Waals surface area contributed by atoms with E-state index >= 15 is 0 Å².